The minimum atomic E-state index is -0.359. The van der Waals surface area contributed by atoms with Crippen molar-refractivity contribution < 1.29 is 14.7 Å². The van der Waals surface area contributed by atoms with Gasteiger partial charge in [0.2, 0.25) is 11.8 Å². The summed E-state index contributed by atoms with van der Waals surface area (Å²) >= 11 is 0. The molecule has 2 amide bonds. The molecule has 5 nitrogen and oxygen atoms in total. The summed E-state index contributed by atoms with van der Waals surface area (Å²) in [6.45, 7) is 5.68. The number of hydrogen-bond donors (Lipinski definition) is 3. The van der Waals surface area contributed by atoms with E-state index < -0.39 is 0 Å². The van der Waals surface area contributed by atoms with E-state index in [0.717, 1.165) is 6.42 Å². The lowest BCUT2D eigenvalue weighted by molar-refractivity contribution is -0.123. The SMILES string of the molecule is CCC(C)(CCO)NC(=O)CCNC(C)=O. The number of carbonyl (C=O) groups excluding carboxylic acids is 2. The zero-order chi connectivity index (χ0) is 12.6. The third-order valence-corrected chi connectivity index (χ3v) is 2.61. The first-order valence-electron chi connectivity index (χ1n) is 5.60. The van der Waals surface area contributed by atoms with Crippen LogP contribution in [0.25, 0.3) is 0 Å². The van der Waals surface area contributed by atoms with E-state index >= 15 is 0 Å². The zero-order valence-electron chi connectivity index (χ0n) is 10.3. The minimum absolute atomic E-state index is 0.0519. The van der Waals surface area contributed by atoms with Crippen LogP contribution in [0.5, 0.6) is 0 Å². The Morgan fingerprint density at radius 3 is 2.44 bits per heavy atom. The number of nitrogens with one attached hydrogen (secondary N) is 2. The molecule has 0 radical (unpaired) electrons. The summed E-state index contributed by atoms with van der Waals surface area (Å²) in [7, 11) is 0. The summed E-state index contributed by atoms with van der Waals surface area (Å²) in [4.78, 5) is 22.1. The van der Waals surface area contributed by atoms with Crippen LogP contribution in [-0.2, 0) is 9.59 Å². The maximum atomic E-state index is 11.5. The Morgan fingerprint density at radius 1 is 1.38 bits per heavy atom. The van der Waals surface area contributed by atoms with E-state index in [1.807, 2.05) is 13.8 Å². The fourth-order valence-corrected chi connectivity index (χ4v) is 1.33. The molecule has 0 aliphatic carbocycles. The number of amides is 2. The van der Waals surface area contributed by atoms with E-state index in [9.17, 15) is 9.59 Å². The fraction of sp³-hybridized carbons (Fsp3) is 0.818. The van der Waals surface area contributed by atoms with Crippen molar-refractivity contribution in [3.63, 3.8) is 0 Å². The minimum Gasteiger partial charge on any atom is -0.396 e. The summed E-state index contributed by atoms with van der Waals surface area (Å²) in [5.41, 5.74) is -0.359. The second-order valence-electron chi connectivity index (χ2n) is 4.17. The molecule has 0 aliphatic rings. The van der Waals surface area contributed by atoms with Gasteiger partial charge in [0.05, 0.1) is 0 Å². The lowest BCUT2D eigenvalue weighted by Crippen LogP contribution is -2.46. The van der Waals surface area contributed by atoms with Gasteiger partial charge in [-0.1, -0.05) is 6.92 Å². The summed E-state index contributed by atoms with van der Waals surface area (Å²) in [6, 6.07) is 0. The molecule has 0 aliphatic heterocycles. The molecule has 0 rings (SSSR count). The summed E-state index contributed by atoms with van der Waals surface area (Å²) in [6.07, 6.45) is 1.56. The van der Waals surface area contributed by atoms with E-state index in [2.05, 4.69) is 10.6 Å². The van der Waals surface area contributed by atoms with Crippen LogP contribution in [0.4, 0.5) is 0 Å². The Morgan fingerprint density at radius 2 is 2.00 bits per heavy atom. The number of aliphatic hydroxyl groups is 1. The van der Waals surface area contributed by atoms with Crippen molar-refractivity contribution in [1.82, 2.24) is 10.6 Å². The summed E-state index contributed by atoms with van der Waals surface area (Å²) < 4.78 is 0. The molecule has 5 heteroatoms. The van der Waals surface area contributed by atoms with Crippen LogP contribution in [0.2, 0.25) is 0 Å². The monoisotopic (exact) mass is 230 g/mol. The highest BCUT2D eigenvalue weighted by molar-refractivity contribution is 5.78. The quantitative estimate of drug-likeness (QED) is 0.584. The summed E-state index contributed by atoms with van der Waals surface area (Å²) in [5.74, 6) is -0.243. The number of hydrogen-bond acceptors (Lipinski definition) is 3. The van der Waals surface area contributed by atoms with E-state index in [1.54, 1.807) is 0 Å². The molecule has 94 valence electrons. The predicted octanol–water partition coefficient (Wildman–Crippen LogP) is 0.180. The van der Waals surface area contributed by atoms with Crippen LogP contribution >= 0.6 is 0 Å². The van der Waals surface area contributed by atoms with Crippen molar-refractivity contribution >= 4 is 11.8 Å². The lowest BCUT2D eigenvalue weighted by Gasteiger charge is -2.29. The first kappa shape index (κ1) is 14.9. The largest absolute Gasteiger partial charge is 0.396 e. The van der Waals surface area contributed by atoms with Crippen LogP contribution in [0.15, 0.2) is 0 Å². The van der Waals surface area contributed by atoms with Crippen LogP contribution in [-0.4, -0.2) is 35.6 Å². The molecule has 16 heavy (non-hydrogen) atoms. The van der Waals surface area contributed by atoms with Crippen LogP contribution < -0.4 is 10.6 Å². The van der Waals surface area contributed by atoms with Gasteiger partial charge in [-0.15, -0.1) is 0 Å². The highest BCUT2D eigenvalue weighted by atomic mass is 16.3. The van der Waals surface area contributed by atoms with Crippen molar-refractivity contribution in [3.8, 4) is 0 Å². The van der Waals surface area contributed by atoms with Gasteiger partial charge in [-0.25, -0.2) is 0 Å². The Balaban J connectivity index is 3.96. The highest BCUT2D eigenvalue weighted by Gasteiger charge is 2.23. The van der Waals surface area contributed by atoms with Crippen LogP contribution in [0.3, 0.4) is 0 Å². The third-order valence-electron chi connectivity index (χ3n) is 2.61. The van der Waals surface area contributed by atoms with E-state index in [1.165, 1.54) is 6.92 Å². The van der Waals surface area contributed by atoms with Crippen molar-refractivity contribution in [2.24, 2.45) is 0 Å². The molecule has 1 atom stereocenters. The van der Waals surface area contributed by atoms with Gasteiger partial charge < -0.3 is 15.7 Å². The molecule has 0 fully saturated rings. The lowest BCUT2D eigenvalue weighted by atomic mass is 9.95. The highest BCUT2D eigenvalue weighted by Crippen LogP contribution is 2.13. The van der Waals surface area contributed by atoms with Crippen molar-refractivity contribution in [1.29, 1.82) is 0 Å². The van der Waals surface area contributed by atoms with E-state index in [4.69, 9.17) is 5.11 Å². The van der Waals surface area contributed by atoms with Crippen molar-refractivity contribution in [2.45, 2.75) is 45.6 Å². The van der Waals surface area contributed by atoms with Gasteiger partial charge in [0.1, 0.15) is 0 Å². The second kappa shape index (κ2) is 7.22. The third kappa shape index (κ3) is 6.40. The Kier molecular flexibility index (Phi) is 6.72. The first-order chi connectivity index (χ1) is 7.43. The van der Waals surface area contributed by atoms with Crippen molar-refractivity contribution in [2.75, 3.05) is 13.2 Å². The molecule has 0 saturated carbocycles. The molecule has 0 spiro atoms. The maximum Gasteiger partial charge on any atom is 0.222 e. The molecular formula is C11H22N2O3. The molecule has 0 heterocycles. The van der Waals surface area contributed by atoms with E-state index in [-0.39, 0.29) is 30.4 Å². The molecule has 1 unspecified atom stereocenters. The predicted molar refractivity (Wildman–Crippen MR) is 61.8 cm³/mol. The topological polar surface area (TPSA) is 78.4 Å². The summed E-state index contributed by atoms with van der Waals surface area (Å²) in [5, 5.41) is 14.3. The molecule has 0 saturated heterocycles. The van der Waals surface area contributed by atoms with Crippen molar-refractivity contribution in [3.05, 3.63) is 0 Å². The number of aliphatic hydroxyl groups excluding tert-OH is 1. The maximum absolute atomic E-state index is 11.5. The molecular weight excluding hydrogens is 208 g/mol. The van der Waals surface area contributed by atoms with Gasteiger partial charge in [0, 0.05) is 32.0 Å². The Bertz CT molecular complexity index is 243. The normalized spacial score (nSPS) is 14.0. The first-order valence-corrected chi connectivity index (χ1v) is 5.60. The Labute approximate surface area is 96.6 Å². The van der Waals surface area contributed by atoms with Gasteiger partial charge >= 0.3 is 0 Å². The van der Waals surface area contributed by atoms with Crippen LogP contribution in [0, 0.1) is 0 Å². The second-order valence-corrected chi connectivity index (χ2v) is 4.17. The Hall–Kier alpha value is -1.10. The number of carbonyl (C=O) groups is 2. The van der Waals surface area contributed by atoms with Gasteiger partial charge in [0.25, 0.3) is 0 Å². The molecule has 3 N–H and O–H groups in total. The van der Waals surface area contributed by atoms with Crippen LogP contribution in [0.1, 0.15) is 40.0 Å². The van der Waals surface area contributed by atoms with Gasteiger partial charge in [0.15, 0.2) is 0 Å². The molecule has 0 aromatic rings. The standard InChI is InChI=1S/C11H22N2O3/c1-4-11(3,6-8-14)13-10(16)5-7-12-9(2)15/h14H,4-8H2,1-3H3,(H,12,15)(H,13,16). The van der Waals surface area contributed by atoms with Gasteiger partial charge in [-0.3, -0.25) is 9.59 Å². The zero-order valence-corrected chi connectivity index (χ0v) is 10.3. The number of rotatable bonds is 7. The molecule has 0 aromatic carbocycles. The fourth-order valence-electron chi connectivity index (χ4n) is 1.33. The average molecular weight is 230 g/mol. The van der Waals surface area contributed by atoms with E-state index in [0.29, 0.717) is 13.0 Å². The average Bonchev–Trinajstić information content (AvgIpc) is 2.17. The molecule has 0 aromatic heterocycles. The van der Waals surface area contributed by atoms with Gasteiger partial charge in [-0.2, -0.15) is 0 Å². The van der Waals surface area contributed by atoms with Gasteiger partial charge in [-0.05, 0) is 19.8 Å². The smallest absolute Gasteiger partial charge is 0.222 e. The molecule has 0 bridgehead atoms.